The van der Waals surface area contributed by atoms with Crippen LogP contribution < -0.4 is 0 Å². The van der Waals surface area contributed by atoms with Crippen LogP contribution in [0.1, 0.15) is 55.2 Å². The topological polar surface area (TPSA) is 48.5 Å². The lowest BCUT2D eigenvalue weighted by Crippen LogP contribution is -2.31. The summed E-state index contributed by atoms with van der Waals surface area (Å²) in [6.07, 6.45) is 0. The van der Waals surface area contributed by atoms with Crippen LogP contribution in [0.25, 0.3) is 66.9 Å². The zero-order valence-electron chi connectivity index (χ0n) is 53.1. The quantitative estimate of drug-likeness (QED) is 0.152. The summed E-state index contributed by atoms with van der Waals surface area (Å²) in [5, 5.41) is -1.81. The molecule has 5 nitrogen and oxygen atoms in total. The van der Waals surface area contributed by atoms with Crippen LogP contribution in [-0.2, 0) is 5.41 Å². The minimum absolute atomic E-state index is 0.199. The van der Waals surface area contributed by atoms with Crippen LogP contribution in [0.4, 0.5) is 0 Å². The molecule has 3 heterocycles. The van der Waals surface area contributed by atoms with Crippen LogP contribution in [0.3, 0.4) is 0 Å². The van der Waals surface area contributed by atoms with Crippen LogP contribution in [0.15, 0.2) is 212 Å². The summed E-state index contributed by atoms with van der Waals surface area (Å²) in [5.74, 6) is -2.51. The first-order valence-corrected chi connectivity index (χ1v) is 17.3. The van der Waals surface area contributed by atoms with Crippen molar-refractivity contribution in [2.75, 3.05) is 0 Å². The number of aromatic nitrogens is 5. The molecule has 0 aliphatic rings. The van der Waals surface area contributed by atoms with Crippen molar-refractivity contribution in [1.29, 1.82) is 0 Å². The molecule has 0 bridgehead atoms. The van der Waals surface area contributed by atoms with E-state index in [2.05, 4.69) is 0 Å². The zero-order chi connectivity index (χ0) is 58.6. The van der Waals surface area contributed by atoms with Crippen LogP contribution in [-0.4, -0.2) is 24.1 Å². The van der Waals surface area contributed by atoms with E-state index in [1.807, 2.05) is 0 Å². The fourth-order valence-corrected chi connectivity index (χ4v) is 7.31. The molecular weight excluding hydrogens is 695 g/mol. The lowest BCUT2D eigenvalue weighted by atomic mass is 9.65. The van der Waals surface area contributed by atoms with Crippen molar-refractivity contribution in [3.63, 3.8) is 0 Å². The lowest BCUT2D eigenvalue weighted by Gasteiger charge is -2.37. The number of para-hydroxylation sites is 4. The Balaban J connectivity index is 1.42. The highest BCUT2D eigenvalue weighted by Gasteiger charge is 2.38. The molecule has 3 aromatic heterocycles. The highest BCUT2D eigenvalue weighted by atomic mass is 15.3. The molecule has 0 spiro atoms. The third-order valence-corrected chi connectivity index (χ3v) is 9.67. The molecule has 11 aromatic rings. The molecule has 0 unspecified atom stereocenters. The van der Waals surface area contributed by atoms with E-state index in [4.69, 9.17) is 35.5 Å². The second-order valence-electron chi connectivity index (χ2n) is 12.6. The van der Waals surface area contributed by atoms with Crippen LogP contribution in [0.5, 0.6) is 0 Å². The van der Waals surface area contributed by atoms with Crippen molar-refractivity contribution in [2.45, 2.75) is 5.41 Å². The van der Waals surface area contributed by atoms with Crippen molar-refractivity contribution in [1.82, 2.24) is 24.1 Å². The second kappa shape index (κ2) is 13.3. The fraction of sp³-hybridized carbons (Fsp3) is 0.0192. The van der Waals surface area contributed by atoms with Gasteiger partial charge in [0.25, 0.3) is 0 Å². The van der Waals surface area contributed by atoms with E-state index < -0.39 is 223 Å². The summed E-state index contributed by atoms with van der Waals surface area (Å²) < 4.78 is 220. The Morgan fingerprint density at radius 2 is 0.807 bits per heavy atom. The summed E-state index contributed by atoms with van der Waals surface area (Å²) in [4.78, 5) is 14.1. The van der Waals surface area contributed by atoms with Gasteiger partial charge < -0.3 is 0 Å². The third-order valence-electron chi connectivity index (χ3n) is 9.67. The molecule has 0 saturated carbocycles. The first-order chi connectivity index (χ1) is 38.2. The van der Waals surface area contributed by atoms with E-state index >= 15 is 0 Å². The highest BCUT2D eigenvalue weighted by Crippen LogP contribution is 2.46. The van der Waals surface area contributed by atoms with E-state index in [-0.39, 0.29) is 16.7 Å². The lowest BCUT2D eigenvalue weighted by molar-refractivity contribution is 0.745. The van der Waals surface area contributed by atoms with Crippen molar-refractivity contribution < 1.29 is 32.9 Å². The molecule has 0 radical (unpaired) electrons. The first kappa shape index (κ1) is 16.6. The minimum atomic E-state index is -2.16. The molecule has 0 aliphatic carbocycles. The zero-order valence-corrected chi connectivity index (χ0v) is 29.1. The van der Waals surface area contributed by atoms with Gasteiger partial charge in [-0.25, -0.2) is 0 Å². The number of benzene rings is 8. The highest BCUT2D eigenvalue weighted by molar-refractivity contribution is 6.10. The Hall–Kier alpha value is -7.63. The Labute approximate surface area is 363 Å². The van der Waals surface area contributed by atoms with Gasteiger partial charge >= 0.3 is 0 Å². The molecule has 0 N–H and O–H groups in total. The molecule has 0 amide bonds. The van der Waals surface area contributed by atoms with Crippen molar-refractivity contribution in [2.24, 2.45) is 0 Å². The first-order valence-electron chi connectivity index (χ1n) is 29.3. The summed E-state index contributed by atoms with van der Waals surface area (Å²) in [7, 11) is 0. The monoisotopic (exact) mass is 753 g/mol. The number of hydrogen-bond donors (Lipinski definition) is 0. The Bertz CT molecular complexity index is 4270. The largest absolute Gasteiger partial charge is 0.278 e. The van der Waals surface area contributed by atoms with E-state index in [0.29, 0.717) is 0 Å². The molecule has 0 fully saturated rings. The van der Waals surface area contributed by atoms with Gasteiger partial charge in [0.2, 0.25) is 11.9 Å². The van der Waals surface area contributed by atoms with Crippen molar-refractivity contribution in [3.05, 3.63) is 234 Å². The smallest absolute Gasteiger partial charge is 0.240 e. The molecule has 0 atom stereocenters. The molecule has 8 aromatic carbocycles. The number of hydrogen-bond acceptors (Lipinski definition) is 3. The van der Waals surface area contributed by atoms with Crippen molar-refractivity contribution in [3.8, 4) is 23.3 Å². The van der Waals surface area contributed by atoms with Gasteiger partial charge in [-0.1, -0.05) is 182 Å². The van der Waals surface area contributed by atoms with Gasteiger partial charge in [-0.05, 0) is 52.5 Å². The Morgan fingerprint density at radius 1 is 0.368 bits per heavy atom. The van der Waals surface area contributed by atoms with Crippen LogP contribution >= 0.6 is 0 Å². The average molecular weight is 754 g/mol. The maximum absolute atomic E-state index is 10.4. The van der Waals surface area contributed by atoms with Gasteiger partial charge in [-0.3, -0.25) is 9.13 Å². The third kappa shape index (κ3) is 5.13. The standard InChI is InChI=1S/C52H35N5/c1-4-20-37(21-5-1)52(38-22-6-2-7-23-38,39-24-8-3-9-25-39)40-26-18-19-36(35-40)49-53-50(56-45-31-14-10-27-41(45)42-28-11-15-32-46(42)56)55-51(54-49)57-47-33-16-12-29-43(47)44-30-13-17-34-48(44)57/h1-35H/i1D,4D,5D,10D,11D,12D,13D,14D,15D,16D,17D,18D,19D,20D,26D,27D,28D,29D,30D,31D,32D,33D,34D,35D. The maximum Gasteiger partial charge on any atom is 0.240 e. The number of fused-ring (bicyclic) bond motifs is 6. The van der Waals surface area contributed by atoms with Gasteiger partial charge in [0, 0.05) is 27.1 Å². The van der Waals surface area contributed by atoms with E-state index in [1.165, 1.54) is 0 Å². The Kier molecular flexibility index (Phi) is 3.87. The number of rotatable bonds is 7. The summed E-state index contributed by atoms with van der Waals surface area (Å²) >= 11 is 0. The minimum Gasteiger partial charge on any atom is -0.278 e. The average Bonchev–Trinajstić information content (AvgIpc) is 3.85. The van der Waals surface area contributed by atoms with Gasteiger partial charge in [0.1, 0.15) is 0 Å². The molecular formula is C52H35N5. The molecule has 57 heavy (non-hydrogen) atoms. The molecule has 5 heteroatoms. The summed E-state index contributed by atoms with van der Waals surface area (Å²) in [6.45, 7) is 0. The second-order valence-corrected chi connectivity index (χ2v) is 12.6. The van der Waals surface area contributed by atoms with E-state index in [1.54, 1.807) is 60.7 Å². The van der Waals surface area contributed by atoms with E-state index in [9.17, 15) is 12.3 Å². The molecule has 268 valence electrons. The van der Waals surface area contributed by atoms with Gasteiger partial charge in [0.05, 0.1) is 60.4 Å². The molecule has 0 saturated heterocycles. The normalized spacial score (nSPS) is 17.8. The molecule has 0 aliphatic heterocycles. The van der Waals surface area contributed by atoms with Crippen molar-refractivity contribution >= 4 is 43.6 Å². The van der Waals surface area contributed by atoms with E-state index in [0.717, 1.165) is 15.2 Å². The maximum atomic E-state index is 10.4. The van der Waals surface area contributed by atoms with Crippen LogP contribution in [0.2, 0.25) is 0 Å². The van der Waals surface area contributed by atoms with Gasteiger partial charge in [-0.15, -0.1) is 0 Å². The summed E-state index contributed by atoms with van der Waals surface area (Å²) in [6, 6.07) is -1.86. The predicted molar refractivity (Wildman–Crippen MR) is 232 cm³/mol. The number of nitrogens with zero attached hydrogens (tertiary/aromatic N) is 5. The van der Waals surface area contributed by atoms with Crippen LogP contribution in [0, 0.1) is 0 Å². The Morgan fingerprint density at radius 3 is 1.30 bits per heavy atom. The fourth-order valence-electron chi connectivity index (χ4n) is 7.31. The molecule has 11 rings (SSSR count). The van der Waals surface area contributed by atoms with Gasteiger partial charge in [-0.2, -0.15) is 15.0 Å². The predicted octanol–water partition coefficient (Wildman–Crippen LogP) is 12.1. The summed E-state index contributed by atoms with van der Waals surface area (Å²) in [5.41, 5.74) is -5.39. The SMILES string of the molecule is [2H]c1cc(C(c2ccccc2)(c2ccccc2)c2c([2H])c([2H])c([2H])c(-c3nc(-n4c5c([2H])c([2H])c([2H])c([2H])c5c5c([2H])c([2H])c([2H])c([2H])c54)nc(-n4c5c([2H])c([2H])c([2H])c([2H])c5c5c([2H])c([2H])c([2H])c([2H])c54)n3)c2[2H])c([2H])c([2H])c1[2H]. The van der Waals surface area contributed by atoms with Gasteiger partial charge in [0.15, 0.2) is 5.82 Å².